The molecule has 0 unspecified atom stereocenters. The Labute approximate surface area is 378 Å². The van der Waals surface area contributed by atoms with E-state index in [2.05, 4.69) is 30.6 Å². The van der Waals surface area contributed by atoms with Crippen LogP contribution in [-0.4, -0.2) is 77.3 Å². The van der Waals surface area contributed by atoms with E-state index in [1.807, 2.05) is 26.1 Å². The first-order chi connectivity index (χ1) is 30.1. The number of ether oxygens (including phenoxy) is 1. The lowest BCUT2D eigenvalue weighted by molar-refractivity contribution is -0.136. The average Bonchev–Trinajstić information content (AvgIpc) is 3.74. The number of carboxylic acid groups (broad SMARTS) is 1. The summed E-state index contributed by atoms with van der Waals surface area (Å²) in [7, 11) is 3.58. The lowest BCUT2D eigenvalue weighted by atomic mass is 10.00. The number of aliphatic carboxylic acids is 1. The summed E-state index contributed by atoms with van der Waals surface area (Å²) in [5, 5.41) is 19.6. The largest absolute Gasteiger partial charge is 0.481 e. The number of pyridine rings is 2. The van der Waals surface area contributed by atoms with Crippen molar-refractivity contribution in [3.63, 3.8) is 0 Å². The highest BCUT2D eigenvalue weighted by molar-refractivity contribution is 6.40. The van der Waals surface area contributed by atoms with Crippen LogP contribution in [0.15, 0.2) is 70.3 Å². The van der Waals surface area contributed by atoms with Crippen molar-refractivity contribution in [1.29, 1.82) is 0 Å². The molecule has 8 aromatic rings. The highest BCUT2D eigenvalue weighted by Crippen LogP contribution is 2.36. The van der Waals surface area contributed by atoms with E-state index >= 15 is 0 Å². The zero-order valence-corrected chi connectivity index (χ0v) is 37.3. The number of aromatic amines is 2. The molecule has 1 aliphatic rings. The number of anilines is 4. The molecule has 63 heavy (non-hydrogen) atoms. The SMILES string of the molecule is Cc1[nH]c(=O)c2c(ccc3nc(Nc4c(Cl)cccc4Cl)n(C)c32)c1CC(=O)N1CCOCC1.Cc1[nH]c(=O)c2c(ccc3nc(Nc4c(Cl)cccc4Cl)n(C)c32)c1CC(=O)O. The lowest BCUT2D eigenvalue weighted by Crippen LogP contribution is -2.41. The van der Waals surface area contributed by atoms with Crippen molar-refractivity contribution in [3.05, 3.63) is 124 Å². The van der Waals surface area contributed by atoms with Gasteiger partial charge in [-0.15, -0.1) is 0 Å². The van der Waals surface area contributed by atoms with Gasteiger partial charge in [-0.25, -0.2) is 9.97 Å². The molecule has 1 aliphatic heterocycles. The average molecular weight is 932 g/mol. The maximum absolute atomic E-state index is 13.1. The number of imidazole rings is 2. The van der Waals surface area contributed by atoms with Crippen LogP contribution in [0.25, 0.3) is 43.6 Å². The molecule has 0 bridgehead atoms. The molecule has 0 atom stereocenters. The van der Waals surface area contributed by atoms with Gasteiger partial charge in [-0.05, 0) is 72.1 Å². The molecular weight excluding hydrogens is 892 g/mol. The molecule has 324 valence electrons. The fourth-order valence-corrected chi connectivity index (χ4v) is 8.94. The number of carbonyl (C=O) groups is 2. The van der Waals surface area contributed by atoms with Crippen molar-refractivity contribution in [3.8, 4) is 0 Å². The first-order valence-corrected chi connectivity index (χ1v) is 21.1. The maximum atomic E-state index is 13.1. The number of rotatable bonds is 8. The van der Waals surface area contributed by atoms with Crippen molar-refractivity contribution in [1.82, 2.24) is 34.0 Å². The van der Waals surface area contributed by atoms with Gasteiger partial charge in [0.15, 0.2) is 0 Å². The number of carboxylic acids is 1. The molecule has 9 rings (SSSR count). The Hall–Kier alpha value is -6.10. The van der Waals surface area contributed by atoms with Crippen LogP contribution in [0.1, 0.15) is 22.5 Å². The Balaban J connectivity index is 0.000000175. The van der Waals surface area contributed by atoms with E-state index in [0.717, 1.165) is 10.9 Å². The predicted molar refractivity (Wildman–Crippen MR) is 249 cm³/mol. The summed E-state index contributed by atoms with van der Waals surface area (Å²) >= 11 is 25.1. The van der Waals surface area contributed by atoms with Crippen molar-refractivity contribution >= 4 is 125 Å². The summed E-state index contributed by atoms with van der Waals surface area (Å²) in [6.45, 7) is 5.74. The molecule has 1 fully saturated rings. The third-order valence-corrected chi connectivity index (χ3v) is 12.4. The van der Waals surface area contributed by atoms with E-state index in [-0.39, 0.29) is 29.9 Å². The zero-order chi connectivity index (χ0) is 44.9. The number of morpholine rings is 1. The van der Waals surface area contributed by atoms with Gasteiger partial charge < -0.3 is 44.5 Å². The van der Waals surface area contributed by atoms with Gasteiger partial charge in [0.1, 0.15) is 0 Å². The molecule has 19 heteroatoms. The molecule has 5 N–H and O–H groups in total. The Bertz CT molecular complexity index is 3240. The predicted octanol–water partition coefficient (Wildman–Crippen LogP) is 8.58. The second-order valence-electron chi connectivity index (χ2n) is 15.0. The van der Waals surface area contributed by atoms with E-state index in [0.29, 0.717) is 125 Å². The number of H-pyrrole nitrogens is 2. The monoisotopic (exact) mass is 929 g/mol. The second kappa shape index (κ2) is 17.6. The second-order valence-corrected chi connectivity index (χ2v) is 16.6. The summed E-state index contributed by atoms with van der Waals surface area (Å²) in [5.74, 6) is -0.0199. The fraction of sp³-hybridized carbons (Fsp3) is 0.227. The summed E-state index contributed by atoms with van der Waals surface area (Å²) < 4.78 is 8.89. The van der Waals surface area contributed by atoms with Gasteiger partial charge in [0.25, 0.3) is 11.1 Å². The molecule has 0 saturated carbocycles. The minimum absolute atomic E-state index is 0.0144. The van der Waals surface area contributed by atoms with E-state index in [1.165, 1.54) is 0 Å². The van der Waals surface area contributed by atoms with Crippen molar-refractivity contribution < 1.29 is 19.4 Å². The number of nitrogens with zero attached hydrogens (tertiary/aromatic N) is 5. The number of benzene rings is 4. The number of carbonyl (C=O) groups excluding carboxylic acids is 1. The topological polar surface area (TPSA) is 192 Å². The Morgan fingerprint density at radius 2 is 1.10 bits per heavy atom. The number of fused-ring (bicyclic) bond motifs is 6. The van der Waals surface area contributed by atoms with E-state index < -0.39 is 5.97 Å². The number of amides is 1. The summed E-state index contributed by atoms with van der Waals surface area (Å²) in [5.41, 5.74) is 5.57. The van der Waals surface area contributed by atoms with Gasteiger partial charge in [-0.2, -0.15) is 0 Å². The molecule has 15 nitrogen and oxygen atoms in total. The third-order valence-electron chi connectivity index (χ3n) is 11.1. The van der Waals surface area contributed by atoms with Gasteiger partial charge in [-0.3, -0.25) is 19.2 Å². The normalized spacial score (nSPS) is 12.9. The molecule has 0 radical (unpaired) electrons. The molecular formula is C44H39Cl4N9O6. The van der Waals surface area contributed by atoms with Crippen LogP contribution >= 0.6 is 46.4 Å². The number of aryl methyl sites for hydroxylation is 4. The number of hydrogen-bond acceptors (Lipinski definition) is 9. The minimum atomic E-state index is -0.970. The number of para-hydroxylation sites is 2. The Morgan fingerprint density at radius 1 is 0.683 bits per heavy atom. The molecule has 0 aliphatic carbocycles. The lowest BCUT2D eigenvalue weighted by Gasteiger charge is -2.27. The van der Waals surface area contributed by atoms with Gasteiger partial charge in [0.2, 0.25) is 17.8 Å². The number of aromatic nitrogens is 6. The van der Waals surface area contributed by atoms with Gasteiger partial charge in [-0.1, -0.05) is 70.7 Å². The van der Waals surface area contributed by atoms with Crippen LogP contribution in [0, 0.1) is 13.8 Å². The molecule has 4 aromatic heterocycles. The van der Waals surface area contributed by atoms with Gasteiger partial charge >= 0.3 is 5.97 Å². The van der Waals surface area contributed by atoms with Gasteiger partial charge in [0, 0.05) is 38.6 Å². The Kier molecular flexibility index (Phi) is 12.2. The number of halogens is 4. The van der Waals surface area contributed by atoms with Crippen molar-refractivity contribution in [2.75, 3.05) is 36.9 Å². The van der Waals surface area contributed by atoms with Crippen LogP contribution < -0.4 is 21.8 Å². The smallest absolute Gasteiger partial charge is 0.307 e. The molecule has 0 spiro atoms. The molecule has 4 aromatic carbocycles. The van der Waals surface area contributed by atoms with E-state index in [4.69, 9.17) is 51.1 Å². The molecule has 5 heterocycles. The van der Waals surface area contributed by atoms with E-state index in [1.54, 1.807) is 76.5 Å². The van der Waals surface area contributed by atoms with Crippen molar-refractivity contribution in [2.45, 2.75) is 26.7 Å². The van der Waals surface area contributed by atoms with Crippen LogP contribution in [0.2, 0.25) is 20.1 Å². The van der Waals surface area contributed by atoms with Crippen LogP contribution in [0.3, 0.4) is 0 Å². The standard InChI is InChI=1S/C24H23Cl2N5O3.C20H16Cl2N4O3/c1-13-15(12-19(32)31-8-10-34-11-9-31)14-6-7-18-22(20(14)23(33)27-13)30(2)24(28-18)29-21-16(25)4-3-5-17(21)26;1-9-11(8-15(27)28)10-6-7-14-18(16(10)19(29)23-9)26(2)20(24-14)25-17-12(21)4-3-5-13(17)22/h3-7H,8-12H2,1-2H3,(H,27,33)(H,28,29);3-7H,8H2,1-2H3,(H,23,29)(H,24,25)(H,27,28). The van der Waals surface area contributed by atoms with Crippen LogP contribution in [-0.2, 0) is 41.3 Å². The maximum Gasteiger partial charge on any atom is 0.307 e. The molecule has 1 amide bonds. The first kappa shape index (κ1) is 43.5. The highest BCUT2D eigenvalue weighted by atomic mass is 35.5. The van der Waals surface area contributed by atoms with E-state index in [9.17, 15) is 24.3 Å². The number of nitrogens with one attached hydrogen (secondary N) is 4. The highest BCUT2D eigenvalue weighted by Gasteiger charge is 2.23. The van der Waals surface area contributed by atoms with Crippen LogP contribution in [0.4, 0.5) is 23.3 Å². The molecule has 1 saturated heterocycles. The fourth-order valence-electron chi connectivity index (χ4n) is 7.96. The summed E-state index contributed by atoms with van der Waals surface area (Å²) in [6, 6.07) is 17.6. The first-order valence-electron chi connectivity index (χ1n) is 19.6. The number of hydrogen-bond donors (Lipinski definition) is 5. The Morgan fingerprint density at radius 3 is 1.51 bits per heavy atom. The van der Waals surface area contributed by atoms with Gasteiger partial charge in [0.05, 0.1) is 90.4 Å². The zero-order valence-electron chi connectivity index (χ0n) is 34.3. The van der Waals surface area contributed by atoms with Crippen LogP contribution in [0.5, 0.6) is 0 Å². The quantitative estimate of drug-likeness (QED) is 0.0986. The third kappa shape index (κ3) is 8.30. The summed E-state index contributed by atoms with van der Waals surface area (Å²) in [4.78, 5) is 66.9. The van der Waals surface area contributed by atoms with Crippen molar-refractivity contribution in [2.24, 2.45) is 14.1 Å². The minimum Gasteiger partial charge on any atom is -0.481 e. The summed E-state index contributed by atoms with van der Waals surface area (Å²) in [6.07, 6.45) is 0.00557.